The van der Waals surface area contributed by atoms with Crippen molar-refractivity contribution in [3.8, 4) is 0 Å². The summed E-state index contributed by atoms with van der Waals surface area (Å²) >= 11 is 0. The summed E-state index contributed by atoms with van der Waals surface area (Å²) in [5.74, 6) is -0.181. The fourth-order valence-electron chi connectivity index (χ4n) is 3.71. The third-order valence-electron chi connectivity index (χ3n) is 5.06. The quantitative estimate of drug-likeness (QED) is 0.778. The molecule has 1 aromatic rings. The second-order valence-electron chi connectivity index (χ2n) is 7.05. The lowest BCUT2D eigenvalue weighted by Crippen LogP contribution is -2.44. The minimum absolute atomic E-state index is 0.0656. The van der Waals surface area contributed by atoms with Gasteiger partial charge in [0, 0.05) is 19.5 Å². The first-order valence-corrected chi connectivity index (χ1v) is 8.96. The molecule has 6 nitrogen and oxygen atoms in total. The van der Waals surface area contributed by atoms with Crippen LogP contribution in [-0.4, -0.2) is 34.8 Å². The van der Waals surface area contributed by atoms with Crippen LogP contribution in [0.15, 0.2) is 24.3 Å². The number of hydrogen-bond donors (Lipinski definition) is 2. The molecule has 0 bridgehead atoms. The molecule has 1 spiro atoms. The summed E-state index contributed by atoms with van der Waals surface area (Å²) in [6, 6.07) is 7.68. The van der Waals surface area contributed by atoms with Crippen LogP contribution in [0.3, 0.4) is 0 Å². The van der Waals surface area contributed by atoms with Crippen molar-refractivity contribution in [2.75, 3.05) is 6.54 Å². The molecule has 0 unspecified atom stereocenters. The number of imide groups is 1. The molecule has 4 amide bonds. The Bertz CT molecular complexity index is 680. The highest BCUT2D eigenvalue weighted by atomic mass is 16.2. The predicted molar refractivity (Wildman–Crippen MR) is 93.7 cm³/mol. The molecule has 1 saturated carbocycles. The van der Waals surface area contributed by atoms with Gasteiger partial charge in [-0.25, -0.2) is 4.79 Å². The number of urea groups is 1. The van der Waals surface area contributed by atoms with E-state index in [4.69, 9.17) is 0 Å². The third kappa shape index (κ3) is 3.83. The summed E-state index contributed by atoms with van der Waals surface area (Å²) in [5.41, 5.74) is 1.56. The molecule has 6 heteroatoms. The van der Waals surface area contributed by atoms with Crippen LogP contribution in [0.5, 0.6) is 0 Å². The van der Waals surface area contributed by atoms with Gasteiger partial charge in [0.05, 0.1) is 0 Å². The molecule has 1 heterocycles. The van der Waals surface area contributed by atoms with Crippen LogP contribution < -0.4 is 10.6 Å². The minimum Gasteiger partial charge on any atom is -0.352 e. The first-order chi connectivity index (χ1) is 12.0. The van der Waals surface area contributed by atoms with Gasteiger partial charge in [-0.3, -0.25) is 14.5 Å². The van der Waals surface area contributed by atoms with E-state index in [9.17, 15) is 14.4 Å². The monoisotopic (exact) mass is 343 g/mol. The fraction of sp³-hybridized carbons (Fsp3) is 0.526. The molecule has 2 N–H and O–H groups in total. The summed E-state index contributed by atoms with van der Waals surface area (Å²) in [5, 5.41) is 5.74. The molecule has 0 aromatic heterocycles. The molecule has 1 aliphatic carbocycles. The van der Waals surface area contributed by atoms with Gasteiger partial charge in [-0.1, -0.05) is 42.7 Å². The van der Waals surface area contributed by atoms with E-state index in [1.807, 2.05) is 31.2 Å². The largest absolute Gasteiger partial charge is 0.352 e. The summed E-state index contributed by atoms with van der Waals surface area (Å²) < 4.78 is 0. The van der Waals surface area contributed by atoms with E-state index in [-0.39, 0.29) is 17.8 Å². The van der Waals surface area contributed by atoms with E-state index < -0.39 is 5.54 Å². The molecular formula is C19H25N3O3. The maximum Gasteiger partial charge on any atom is 0.325 e. The third-order valence-corrected chi connectivity index (χ3v) is 5.06. The molecule has 1 saturated heterocycles. The number of hydrogen-bond acceptors (Lipinski definition) is 3. The first kappa shape index (κ1) is 17.5. The number of carbonyl (C=O) groups excluding carboxylic acids is 3. The van der Waals surface area contributed by atoms with E-state index in [0.717, 1.165) is 36.8 Å². The van der Waals surface area contributed by atoms with Crippen molar-refractivity contribution in [2.24, 2.45) is 0 Å². The van der Waals surface area contributed by atoms with E-state index in [2.05, 4.69) is 10.6 Å². The Morgan fingerprint density at radius 2 is 2.04 bits per heavy atom. The number of rotatable bonds is 6. The second-order valence-corrected chi connectivity index (χ2v) is 7.05. The van der Waals surface area contributed by atoms with Crippen LogP contribution >= 0.6 is 0 Å². The molecular weight excluding hydrogens is 318 g/mol. The number of carbonyl (C=O) groups is 3. The standard InChI is InChI=1S/C19H25N3O3/c1-14-6-4-7-15(12-14)13-20-16(23)8-5-11-22-17(24)19(21-18(22)25)9-2-3-10-19/h4,6-7,12H,2-3,5,8-11,13H2,1H3,(H,20,23)(H,21,25). The zero-order valence-electron chi connectivity index (χ0n) is 14.6. The van der Waals surface area contributed by atoms with Crippen molar-refractivity contribution in [1.82, 2.24) is 15.5 Å². The van der Waals surface area contributed by atoms with E-state index in [1.165, 1.54) is 4.90 Å². The molecule has 0 radical (unpaired) electrons. The van der Waals surface area contributed by atoms with Crippen LogP contribution in [0.1, 0.15) is 49.7 Å². The molecule has 2 aliphatic rings. The number of nitrogens with one attached hydrogen (secondary N) is 2. The lowest BCUT2D eigenvalue weighted by atomic mass is 9.98. The normalized spacial score (nSPS) is 18.7. The van der Waals surface area contributed by atoms with Gasteiger partial charge in [-0.05, 0) is 31.7 Å². The minimum atomic E-state index is -0.662. The van der Waals surface area contributed by atoms with Crippen molar-refractivity contribution < 1.29 is 14.4 Å². The van der Waals surface area contributed by atoms with Crippen LogP contribution in [-0.2, 0) is 16.1 Å². The molecule has 25 heavy (non-hydrogen) atoms. The Hall–Kier alpha value is -2.37. The summed E-state index contributed by atoms with van der Waals surface area (Å²) in [7, 11) is 0. The van der Waals surface area contributed by atoms with Crippen LogP contribution in [0.4, 0.5) is 4.79 Å². The Kier molecular flexibility index (Phi) is 5.06. The van der Waals surface area contributed by atoms with Crippen molar-refractivity contribution in [3.63, 3.8) is 0 Å². The van der Waals surface area contributed by atoms with E-state index in [1.54, 1.807) is 0 Å². The maximum atomic E-state index is 12.5. The zero-order chi connectivity index (χ0) is 17.9. The summed E-state index contributed by atoms with van der Waals surface area (Å²) in [4.78, 5) is 37.8. The Morgan fingerprint density at radius 3 is 2.76 bits per heavy atom. The highest BCUT2D eigenvalue weighted by Crippen LogP contribution is 2.35. The molecule has 134 valence electrons. The average molecular weight is 343 g/mol. The Morgan fingerprint density at radius 1 is 1.28 bits per heavy atom. The average Bonchev–Trinajstić information content (AvgIpc) is 3.14. The summed E-state index contributed by atoms with van der Waals surface area (Å²) in [6.07, 6.45) is 4.18. The maximum absolute atomic E-state index is 12.5. The van der Waals surface area contributed by atoms with Crippen LogP contribution in [0.2, 0.25) is 0 Å². The summed E-state index contributed by atoms with van der Waals surface area (Å²) in [6.45, 7) is 2.80. The molecule has 2 fully saturated rings. The number of amides is 4. The van der Waals surface area contributed by atoms with Crippen molar-refractivity contribution >= 4 is 17.8 Å². The molecule has 1 aromatic carbocycles. The van der Waals surface area contributed by atoms with Gasteiger partial charge in [0.25, 0.3) is 5.91 Å². The Balaban J connectivity index is 1.42. The number of benzene rings is 1. The molecule has 0 atom stereocenters. The van der Waals surface area contributed by atoms with E-state index in [0.29, 0.717) is 25.9 Å². The highest BCUT2D eigenvalue weighted by molar-refractivity contribution is 6.07. The van der Waals surface area contributed by atoms with Crippen molar-refractivity contribution in [2.45, 2.75) is 57.5 Å². The lowest BCUT2D eigenvalue weighted by molar-refractivity contribution is -0.131. The van der Waals surface area contributed by atoms with Crippen molar-refractivity contribution in [1.29, 1.82) is 0 Å². The zero-order valence-corrected chi connectivity index (χ0v) is 14.6. The second kappa shape index (κ2) is 7.25. The molecule has 3 rings (SSSR count). The van der Waals surface area contributed by atoms with Crippen molar-refractivity contribution in [3.05, 3.63) is 35.4 Å². The topological polar surface area (TPSA) is 78.5 Å². The van der Waals surface area contributed by atoms with Gasteiger partial charge in [-0.15, -0.1) is 0 Å². The van der Waals surface area contributed by atoms with Gasteiger partial charge in [0.1, 0.15) is 5.54 Å². The van der Waals surface area contributed by atoms with Gasteiger partial charge >= 0.3 is 6.03 Å². The van der Waals surface area contributed by atoms with Gasteiger partial charge < -0.3 is 10.6 Å². The van der Waals surface area contributed by atoms with Crippen LogP contribution in [0, 0.1) is 6.92 Å². The molecule has 1 aliphatic heterocycles. The Labute approximate surface area is 148 Å². The fourth-order valence-corrected chi connectivity index (χ4v) is 3.71. The predicted octanol–water partition coefficient (Wildman–Crippen LogP) is 2.26. The van der Waals surface area contributed by atoms with Crippen LogP contribution in [0.25, 0.3) is 0 Å². The van der Waals surface area contributed by atoms with E-state index >= 15 is 0 Å². The van der Waals surface area contributed by atoms with Gasteiger partial charge in [0.15, 0.2) is 0 Å². The SMILES string of the molecule is Cc1cccc(CNC(=O)CCCN2C(=O)NC3(CCCC3)C2=O)c1. The first-order valence-electron chi connectivity index (χ1n) is 8.96. The lowest BCUT2D eigenvalue weighted by Gasteiger charge is -2.19. The van der Waals surface area contributed by atoms with Gasteiger partial charge in [-0.2, -0.15) is 0 Å². The number of nitrogens with zero attached hydrogens (tertiary/aromatic N) is 1. The smallest absolute Gasteiger partial charge is 0.325 e. The van der Waals surface area contributed by atoms with Gasteiger partial charge in [0.2, 0.25) is 5.91 Å². The number of aryl methyl sites for hydroxylation is 1. The highest BCUT2D eigenvalue weighted by Gasteiger charge is 2.51.